The van der Waals surface area contributed by atoms with Crippen LogP contribution in [0, 0.1) is 5.92 Å². The summed E-state index contributed by atoms with van der Waals surface area (Å²) in [6.45, 7) is 2.50. The maximum Gasteiger partial charge on any atom is 0.337 e. The summed E-state index contributed by atoms with van der Waals surface area (Å²) in [6.07, 6.45) is 0.845. The van der Waals surface area contributed by atoms with Gasteiger partial charge in [-0.25, -0.2) is 9.59 Å². The van der Waals surface area contributed by atoms with E-state index in [4.69, 9.17) is 16.7 Å². The van der Waals surface area contributed by atoms with Crippen molar-refractivity contribution in [1.82, 2.24) is 4.90 Å². The first kappa shape index (κ1) is 15.6. The minimum absolute atomic E-state index is 0.0160. The Labute approximate surface area is 127 Å². The number of hydrogen-bond acceptors (Lipinski definition) is 3. The molecule has 1 aliphatic rings. The maximum absolute atomic E-state index is 12.2. The molecule has 1 fully saturated rings. The molecule has 0 spiro atoms. The fraction of sp³-hybridized carbons (Fsp3) is 0.429. The lowest BCUT2D eigenvalue weighted by atomic mass is 10.0. The van der Waals surface area contributed by atoms with Gasteiger partial charge in [0.05, 0.1) is 23.2 Å². The molecule has 1 aromatic carbocycles. The first-order chi connectivity index (χ1) is 9.93. The Hall–Kier alpha value is -1.79. The van der Waals surface area contributed by atoms with Crippen molar-refractivity contribution in [2.75, 3.05) is 18.5 Å². The molecule has 6 nitrogen and oxygen atoms in total. The zero-order chi connectivity index (χ0) is 15.6. The number of carbonyl (C=O) groups excluding carboxylic acids is 1. The van der Waals surface area contributed by atoms with Crippen molar-refractivity contribution in [3.63, 3.8) is 0 Å². The molecular formula is C14H17ClN2O4. The second-order valence-electron chi connectivity index (χ2n) is 5.14. The lowest BCUT2D eigenvalue weighted by molar-refractivity contribution is 0.0697. The highest BCUT2D eigenvalue weighted by atomic mass is 35.5. The van der Waals surface area contributed by atoms with Gasteiger partial charge in [-0.05, 0) is 30.5 Å². The van der Waals surface area contributed by atoms with Crippen molar-refractivity contribution in [2.24, 2.45) is 5.92 Å². The summed E-state index contributed by atoms with van der Waals surface area (Å²) in [5, 5.41) is 21.0. The number of hydrogen-bond donors (Lipinski definition) is 3. The van der Waals surface area contributed by atoms with E-state index in [2.05, 4.69) is 5.32 Å². The van der Waals surface area contributed by atoms with Gasteiger partial charge in [-0.1, -0.05) is 18.5 Å². The number of aromatic carboxylic acids is 1. The molecule has 2 unspecified atom stereocenters. The Kier molecular flexibility index (Phi) is 4.69. The van der Waals surface area contributed by atoms with Gasteiger partial charge in [0.1, 0.15) is 0 Å². The van der Waals surface area contributed by atoms with E-state index >= 15 is 0 Å². The second-order valence-corrected chi connectivity index (χ2v) is 5.55. The number of carboxylic acid groups (broad SMARTS) is 1. The van der Waals surface area contributed by atoms with Crippen molar-refractivity contribution < 1.29 is 19.8 Å². The van der Waals surface area contributed by atoms with Gasteiger partial charge in [0.25, 0.3) is 0 Å². The van der Waals surface area contributed by atoms with Gasteiger partial charge in [-0.3, -0.25) is 0 Å². The number of rotatable bonds is 3. The summed E-state index contributed by atoms with van der Waals surface area (Å²) in [5.74, 6) is -0.870. The molecule has 3 N–H and O–H groups in total. The second kappa shape index (κ2) is 6.32. The van der Waals surface area contributed by atoms with Gasteiger partial charge < -0.3 is 20.4 Å². The van der Waals surface area contributed by atoms with Crippen LogP contribution in [-0.2, 0) is 0 Å². The molecule has 0 aliphatic carbocycles. The maximum atomic E-state index is 12.2. The van der Waals surface area contributed by atoms with E-state index in [1.54, 1.807) is 4.90 Å². The smallest absolute Gasteiger partial charge is 0.337 e. The monoisotopic (exact) mass is 312 g/mol. The topological polar surface area (TPSA) is 89.9 Å². The van der Waals surface area contributed by atoms with Crippen LogP contribution in [0.2, 0.25) is 5.02 Å². The Morgan fingerprint density at radius 1 is 1.48 bits per heavy atom. The van der Waals surface area contributed by atoms with Gasteiger partial charge in [-0.2, -0.15) is 0 Å². The first-order valence-electron chi connectivity index (χ1n) is 6.65. The van der Waals surface area contributed by atoms with Crippen LogP contribution in [0.4, 0.5) is 10.5 Å². The molecule has 1 saturated heterocycles. The highest BCUT2D eigenvalue weighted by Crippen LogP contribution is 2.25. The van der Waals surface area contributed by atoms with Crippen LogP contribution in [0.5, 0.6) is 0 Å². The molecule has 0 radical (unpaired) electrons. The summed E-state index contributed by atoms with van der Waals surface area (Å²) in [6, 6.07) is 3.71. The molecular weight excluding hydrogens is 296 g/mol. The van der Waals surface area contributed by atoms with Gasteiger partial charge in [0.15, 0.2) is 0 Å². The number of carboxylic acids is 1. The number of carbonyl (C=O) groups is 2. The summed E-state index contributed by atoms with van der Waals surface area (Å²) in [4.78, 5) is 24.7. The normalized spacial score (nSPS) is 21.4. The average molecular weight is 313 g/mol. The lowest BCUT2D eigenvalue weighted by Gasteiger charge is -2.25. The van der Waals surface area contributed by atoms with Crippen molar-refractivity contribution in [3.05, 3.63) is 28.8 Å². The summed E-state index contributed by atoms with van der Waals surface area (Å²) in [5.41, 5.74) is 0.406. The number of anilines is 1. The van der Waals surface area contributed by atoms with Gasteiger partial charge in [0.2, 0.25) is 0 Å². The van der Waals surface area contributed by atoms with E-state index < -0.39 is 5.97 Å². The predicted octanol–water partition coefficient (Wildman–Crippen LogP) is 2.27. The fourth-order valence-corrected chi connectivity index (χ4v) is 2.76. The zero-order valence-electron chi connectivity index (χ0n) is 11.5. The predicted molar refractivity (Wildman–Crippen MR) is 78.8 cm³/mol. The van der Waals surface area contributed by atoms with Crippen molar-refractivity contribution in [1.29, 1.82) is 0 Å². The largest absolute Gasteiger partial charge is 0.478 e. The summed E-state index contributed by atoms with van der Waals surface area (Å²) >= 11 is 5.86. The molecule has 0 bridgehead atoms. The quantitative estimate of drug-likeness (QED) is 0.798. The van der Waals surface area contributed by atoms with Crippen LogP contribution in [0.25, 0.3) is 0 Å². The number of nitrogens with zero attached hydrogens (tertiary/aromatic N) is 1. The lowest BCUT2D eigenvalue weighted by Crippen LogP contribution is -2.42. The molecule has 2 atom stereocenters. The standard InChI is InChI=1S/C14H17ClN2O4/c1-8-4-5-17(12(8)7-18)14(21)16-9-2-3-10(13(19)20)11(15)6-9/h2-3,6,8,12,18H,4-5,7H2,1H3,(H,16,21)(H,19,20). The number of nitrogens with one attached hydrogen (secondary N) is 1. The van der Waals surface area contributed by atoms with Crippen molar-refractivity contribution >= 4 is 29.3 Å². The molecule has 21 heavy (non-hydrogen) atoms. The fourth-order valence-electron chi connectivity index (χ4n) is 2.50. The molecule has 2 amide bonds. The third-order valence-corrected chi connectivity index (χ3v) is 4.09. The van der Waals surface area contributed by atoms with E-state index in [0.717, 1.165) is 6.42 Å². The van der Waals surface area contributed by atoms with Crippen molar-refractivity contribution in [3.8, 4) is 0 Å². The molecule has 1 aromatic rings. The highest BCUT2D eigenvalue weighted by Gasteiger charge is 2.33. The molecule has 114 valence electrons. The van der Waals surface area contributed by atoms with Crippen molar-refractivity contribution in [2.45, 2.75) is 19.4 Å². The SMILES string of the molecule is CC1CCN(C(=O)Nc2ccc(C(=O)O)c(Cl)c2)C1CO. The Balaban J connectivity index is 2.10. The number of benzene rings is 1. The van der Waals surface area contributed by atoms with Crippen LogP contribution in [0.15, 0.2) is 18.2 Å². The molecule has 1 aliphatic heterocycles. The number of likely N-dealkylation sites (tertiary alicyclic amines) is 1. The van der Waals surface area contributed by atoms with Crippen LogP contribution in [0.3, 0.4) is 0 Å². The summed E-state index contributed by atoms with van der Waals surface area (Å²) < 4.78 is 0. The van der Waals surface area contributed by atoms with Crippen LogP contribution in [-0.4, -0.2) is 46.3 Å². The van der Waals surface area contributed by atoms with Gasteiger partial charge in [0, 0.05) is 12.2 Å². The number of aliphatic hydroxyl groups is 1. The molecule has 2 rings (SSSR count). The molecule has 1 heterocycles. The van der Waals surface area contributed by atoms with E-state index in [9.17, 15) is 14.7 Å². The number of halogens is 1. The average Bonchev–Trinajstić information content (AvgIpc) is 2.79. The molecule has 7 heteroatoms. The van der Waals surface area contributed by atoms with Gasteiger partial charge in [-0.15, -0.1) is 0 Å². The van der Waals surface area contributed by atoms with E-state index in [1.807, 2.05) is 6.92 Å². The first-order valence-corrected chi connectivity index (χ1v) is 7.03. The highest BCUT2D eigenvalue weighted by molar-refractivity contribution is 6.33. The Morgan fingerprint density at radius 3 is 2.76 bits per heavy atom. The Bertz CT molecular complexity index is 564. The Morgan fingerprint density at radius 2 is 2.19 bits per heavy atom. The van der Waals surface area contributed by atoms with E-state index in [-0.39, 0.29) is 35.2 Å². The summed E-state index contributed by atoms with van der Waals surface area (Å²) in [7, 11) is 0. The van der Waals surface area contributed by atoms with Crippen LogP contribution >= 0.6 is 11.6 Å². The third kappa shape index (κ3) is 3.28. The minimum Gasteiger partial charge on any atom is -0.478 e. The number of urea groups is 1. The van der Waals surface area contributed by atoms with E-state index in [1.165, 1.54) is 18.2 Å². The third-order valence-electron chi connectivity index (χ3n) is 3.78. The van der Waals surface area contributed by atoms with E-state index in [0.29, 0.717) is 12.2 Å². The molecule has 0 saturated carbocycles. The minimum atomic E-state index is -1.12. The van der Waals surface area contributed by atoms with Crippen LogP contribution in [0.1, 0.15) is 23.7 Å². The van der Waals surface area contributed by atoms with Gasteiger partial charge >= 0.3 is 12.0 Å². The zero-order valence-corrected chi connectivity index (χ0v) is 12.3. The number of amides is 2. The van der Waals surface area contributed by atoms with Crippen LogP contribution < -0.4 is 5.32 Å². The number of aliphatic hydroxyl groups excluding tert-OH is 1. The molecule has 0 aromatic heterocycles.